The number of rotatable bonds is 1. The van der Waals surface area contributed by atoms with Crippen LogP contribution in [0.1, 0.15) is 19.3 Å². The standard InChI is InChI=1S/C11H18N2O2/c14-11(8-2-1-3-12-5-8)13-9-4-10(13)7-15-6-9/h8-10,12H,1-7H2/t8-,9-,10-/m1/s1. The van der Waals surface area contributed by atoms with Crippen molar-refractivity contribution in [1.29, 1.82) is 0 Å². The molecule has 0 aromatic carbocycles. The van der Waals surface area contributed by atoms with E-state index >= 15 is 0 Å². The maximum Gasteiger partial charge on any atom is 0.227 e. The second-order valence-corrected chi connectivity index (χ2v) is 4.87. The zero-order valence-electron chi connectivity index (χ0n) is 8.95. The van der Waals surface area contributed by atoms with Crippen molar-refractivity contribution >= 4 is 5.91 Å². The number of ether oxygens (including phenoxy) is 1. The molecular weight excluding hydrogens is 192 g/mol. The molecule has 1 N–H and O–H groups in total. The first-order chi connectivity index (χ1) is 7.36. The van der Waals surface area contributed by atoms with Crippen molar-refractivity contribution in [3.63, 3.8) is 0 Å². The Morgan fingerprint density at radius 3 is 2.73 bits per heavy atom. The maximum atomic E-state index is 12.2. The van der Waals surface area contributed by atoms with Gasteiger partial charge in [-0.15, -0.1) is 0 Å². The van der Waals surface area contributed by atoms with Gasteiger partial charge in [0.2, 0.25) is 5.91 Å². The Labute approximate surface area is 90.0 Å². The number of amides is 1. The fourth-order valence-corrected chi connectivity index (χ4v) is 2.97. The molecule has 3 heterocycles. The third kappa shape index (κ3) is 1.56. The second-order valence-electron chi connectivity index (χ2n) is 4.87. The van der Waals surface area contributed by atoms with Gasteiger partial charge in [0.1, 0.15) is 0 Å². The zero-order valence-corrected chi connectivity index (χ0v) is 8.95. The van der Waals surface area contributed by atoms with Gasteiger partial charge in [0, 0.05) is 6.54 Å². The smallest absolute Gasteiger partial charge is 0.227 e. The number of hydrogen-bond donors (Lipinski definition) is 1. The van der Waals surface area contributed by atoms with Crippen LogP contribution in [0.2, 0.25) is 0 Å². The van der Waals surface area contributed by atoms with E-state index in [1.165, 1.54) is 0 Å². The van der Waals surface area contributed by atoms with Gasteiger partial charge in [-0.25, -0.2) is 0 Å². The molecule has 0 spiro atoms. The molecule has 0 unspecified atom stereocenters. The molecule has 0 radical (unpaired) electrons. The van der Waals surface area contributed by atoms with Crippen LogP contribution in [0.15, 0.2) is 0 Å². The molecular formula is C11H18N2O2. The molecule has 4 heteroatoms. The molecule has 3 fully saturated rings. The molecule has 0 saturated carbocycles. The Morgan fingerprint density at radius 2 is 2.13 bits per heavy atom. The lowest BCUT2D eigenvalue weighted by Gasteiger charge is -2.53. The van der Waals surface area contributed by atoms with E-state index < -0.39 is 0 Å². The Bertz CT molecular complexity index is 249. The van der Waals surface area contributed by atoms with Gasteiger partial charge in [0.25, 0.3) is 0 Å². The summed E-state index contributed by atoms with van der Waals surface area (Å²) in [6.45, 7) is 3.44. The van der Waals surface area contributed by atoms with Crippen molar-refractivity contribution in [3.8, 4) is 0 Å². The zero-order chi connectivity index (χ0) is 10.3. The third-order valence-corrected chi connectivity index (χ3v) is 3.85. The molecule has 2 bridgehead atoms. The van der Waals surface area contributed by atoms with Gasteiger partial charge in [-0.05, 0) is 25.8 Å². The highest BCUT2D eigenvalue weighted by Crippen LogP contribution is 2.33. The molecule has 0 aromatic heterocycles. The van der Waals surface area contributed by atoms with Crippen LogP contribution in [0, 0.1) is 5.92 Å². The van der Waals surface area contributed by atoms with E-state index in [1.54, 1.807) is 0 Å². The first kappa shape index (κ1) is 9.60. The van der Waals surface area contributed by atoms with Crippen molar-refractivity contribution in [2.45, 2.75) is 31.3 Å². The fourth-order valence-electron chi connectivity index (χ4n) is 2.97. The molecule has 0 aliphatic carbocycles. The summed E-state index contributed by atoms with van der Waals surface area (Å²) in [6.07, 6.45) is 3.35. The summed E-state index contributed by atoms with van der Waals surface area (Å²) >= 11 is 0. The largest absolute Gasteiger partial charge is 0.377 e. The minimum Gasteiger partial charge on any atom is -0.377 e. The summed E-state index contributed by atoms with van der Waals surface area (Å²) in [7, 11) is 0. The molecule has 1 amide bonds. The second kappa shape index (κ2) is 3.76. The normalized spacial score (nSPS) is 39.7. The summed E-state index contributed by atoms with van der Waals surface area (Å²) < 4.78 is 5.39. The number of nitrogens with zero attached hydrogens (tertiary/aromatic N) is 1. The van der Waals surface area contributed by atoms with Crippen LogP contribution in [0.3, 0.4) is 0 Å². The molecule has 0 aromatic rings. The highest BCUT2D eigenvalue weighted by molar-refractivity contribution is 5.81. The van der Waals surface area contributed by atoms with E-state index in [9.17, 15) is 4.79 Å². The Kier molecular flexibility index (Phi) is 2.41. The monoisotopic (exact) mass is 210 g/mol. The number of hydrogen-bond acceptors (Lipinski definition) is 3. The third-order valence-electron chi connectivity index (χ3n) is 3.85. The summed E-state index contributed by atoms with van der Waals surface area (Å²) in [4.78, 5) is 14.3. The Hall–Kier alpha value is -0.610. The molecule has 4 nitrogen and oxygen atoms in total. The predicted octanol–water partition coefficient (Wildman–Crippen LogP) is -0.0143. The van der Waals surface area contributed by atoms with Crippen LogP contribution in [-0.4, -0.2) is 49.2 Å². The molecule has 15 heavy (non-hydrogen) atoms. The van der Waals surface area contributed by atoms with E-state index in [1.807, 2.05) is 0 Å². The lowest BCUT2D eigenvalue weighted by Crippen LogP contribution is -2.67. The van der Waals surface area contributed by atoms with Gasteiger partial charge in [-0.2, -0.15) is 0 Å². The van der Waals surface area contributed by atoms with E-state index in [2.05, 4.69) is 10.2 Å². The average Bonchev–Trinajstić information content (AvgIpc) is 2.31. The lowest BCUT2D eigenvalue weighted by atomic mass is 9.87. The van der Waals surface area contributed by atoms with Crippen LogP contribution in [0.4, 0.5) is 0 Å². The number of piperidine rings is 1. The predicted molar refractivity (Wildman–Crippen MR) is 55.5 cm³/mol. The summed E-state index contributed by atoms with van der Waals surface area (Å²) in [5, 5.41) is 3.31. The minimum absolute atomic E-state index is 0.224. The number of carbonyl (C=O) groups is 1. The Morgan fingerprint density at radius 1 is 1.33 bits per heavy atom. The van der Waals surface area contributed by atoms with Gasteiger partial charge in [-0.3, -0.25) is 4.79 Å². The van der Waals surface area contributed by atoms with E-state index in [-0.39, 0.29) is 5.92 Å². The van der Waals surface area contributed by atoms with E-state index in [0.29, 0.717) is 18.0 Å². The maximum absolute atomic E-state index is 12.2. The van der Waals surface area contributed by atoms with Gasteiger partial charge >= 0.3 is 0 Å². The van der Waals surface area contributed by atoms with Crippen molar-refractivity contribution in [1.82, 2.24) is 10.2 Å². The highest BCUT2D eigenvalue weighted by atomic mass is 16.5. The van der Waals surface area contributed by atoms with Gasteiger partial charge in [0.05, 0.1) is 31.2 Å². The lowest BCUT2D eigenvalue weighted by molar-refractivity contribution is -0.172. The average molecular weight is 210 g/mol. The topological polar surface area (TPSA) is 41.6 Å². The van der Waals surface area contributed by atoms with Crippen LogP contribution in [-0.2, 0) is 9.53 Å². The molecule has 3 rings (SSSR count). The first-order valence-corrected chi connectivity index (χ1v) is 5.97. The van der Waals surface area contributed by atoms with Crippen LogP contribution >= 0.6 is 0 Å². The summed E-state index contributed by atoms with van der Waals surface area (Å²) in [5.41, 5.74) is 0. The van der Waals surface area contributed by atoms with E-state index in [4.69, 9.17) is 4.74 Å². The van der Waals surface area contributed by atoms with Gasteiger partial charge in [-0.1, -0.05) is 0 Å². The Balaban J connectivity index is 1.64. The van der Waals surface area contributed by atoms with Crippen LogP contribution in [0.5, 0.6) is 0 Å². The number of carbonyl (C=O) groups excluding carboxylic acids is 1. The quantitative estimate of drug-likeness (QED) is 0.661. The molecule has 84 valence electrons. The number of morpholine rings is 1. The van der Waals surface area contributed by atoms with Gasteiger partial charge < -0.3 is 15.0 Å². The van der Waals surface area contributed by atoms with Crippen LogP contribution < -0.4 is 5.32 Å². The highest BCUT2D eigenvalue weighted by Gasteiger charge is 2.46. The SMILES string of the molecule is O=C([C@@H]1CCCNC1)N1[C@H]2COC[C@H]1C2. The summed E-state index contributed by atoms with van der Waals surface area (Å²) in [5.74, 6) is 0.592. The van der Waals surface area contributed by atoms with Crippen molar-refractivity contribution in [2.24, 2.45) is 5.92 Å². The fraction of sp³-hybridized carbons (Fsp3) is 0.909. The summed E-state index contributed by atoms with van der Waals surface area (Å²) in [6, 6.07) is 0.774. The number of fused-ring (bicyclic) bond motifs is 2. The van der Waals surface area contributed by atoms with Crippen molar-refractivity contribution in [2.75, 3.05) is 26.3 Å². The van der Waals surface area contributed by atoms with Gasteiger partial charge in [0.15, 0.2) is 0 Å². The van der Waals surface area contributed by atoms with E-state index in [0.717, 1.165) is 45.6 Å². The molecule has 3 aliphatic heterocycles. The molecule has 3 aliphatic rings. The molecule has 3 atom stereocenters. The number of nitrogens with one attached hydrogen (secondary N) is 1. The molecule has 3 saturated heterocycles. The van der Waals surface area contributed by atoms with Crippen LogP contribution in [0.25, 0.3) is 0 Å². The van der Waals surface area contributed by atoms with Crippen molar-refractivity contribution < 1.29 is 9.53 Å². The minimum atomic E-state index is 0.224. The first-order valence-electron chi connectivity index (χ1n) is 5.97. The van der Waals surface area contributed by atoms with Crippen molar-refractivity contribution in [3.05, 3.63) is 0 Å².